The minimum Gasteiger partial charge on any atom is -0.472 e. The molecule has 0 radical (unpaired) electrons. The molecule has 0 saturated carbocycles. The summed E-state index contributed by atoms with van der Waals surface area (Å²) in [7, 11) is 0. The summed E-state index contributed by atoms with van der Waals surface area (Å²) in [5.74, 6) is 0.925. The van der Waals surface area contributed by atoms with Gasteiger partial charge in [0.1, 0.15) is 0 Å². The van der Waals surface area contributed by atoms with Crippen LogP contribution in [-0.2, 0) is 6.42 Å². The Balaban J connectivity index is 1.82. The Hall–Kier alpha value is -1.19. The molecule has 1 aromatic heterocycles. The van der Waals surface area contributed by atoms with Crippen molar-refractivity contribution in [2.24, 2.45) is 5.73 Å². The lowest BCUT2D eigenvalue weighted by Gasteiger charge is -2.10. The first-order chi connectivity index (χ1) is 8.24. The molecule has 90 valence electrons. The van der Waals surface area contributed by atoms with Gasteiger partial charge in [0.25, 0.3) is 0 Å². The molecule has 2 rings (SSSR count). The van der Waals surface area contributed by atoms with Gasteiger partial charge in [-0.25, -0.2) is 0 Å². The molecule has 0 saturated heterocycles. The Bertz CT molecular complexity index is 453. The van der Waals surface area contributed by atoms with Crippen LogP contribution < -0.4 is 5.73 Å². The van der Waals surface area contributed by atoms with Crippen molar-refractivity contribution in [3.63, 3.8) is 0 Å². The van der Waals surface area contributed by atoms with E-state index in [-0.39, 0.29) is 6.04 Å². The van der Waals surface area contributed by atoms with E-state index in [0.29, 0.717) is 0 Å². The van der Waals surface area contributed by atoms with E-state index >= 15 is 0 Å². The van der Waals surface area contributed by atoms with Crippen LogP contribution in [0.15, 0.2) is 52.2 Å². The van der Waals surface area contributed by atoms with Crippen LogP contribution in [0.4, 0.5) is 0 Å². The molecule has 0 aliphatic heterocycles. The van der Waals surface area contributed by atoms with E-state index in [9.17, 15) is 0 Å². The monoisotopic (exact) mass is 247 g/mol. The van der Waals surface area contributed by atoms with Gasteiger partial charge in [-0.1, -0.05) is 17.7 Å². The average molecular weight is 247 g/mol. The van der Waals surface area contributed by atoms with Crippen LogP contribution in [0.1, 0.15) is 11.1 Å². The lowest BCUT2D eigenvalue weighted by atomic mass is 10.1. The van der Waals surface area contributed by atoms with Crippen LogP contribution in [-0.4, -0.2) is 11.8 Å². The van der Waals surface area contributed by atoms with Gasteiger partial charge in [-0.3, -0.25) is 0 Å². The zero-order valence-corrected chi connectivity index (χ0v) is 10.7. The van der Waals surface area contributed by atoms with Crippen molar-refractivity contribution in [3.8, 4) is 0 Å². The number of aryl methyl sites for hydroxylation is 1. The molecule has 1 aromatic carbocycles. The third-order valence-electron chi connectivity index (χ3n) is 2.53. The van der Waals surface area contributed by atoms with Gasteiger partial charge in [0.15, 0.2) is 0 Å². The normalized spacial score (nSPS) is 12.6. The van der Waals surface area contributed by atoms with Crippen LogP contribution >= 0.6 is 11.8 Å². The van der Waals surface area contributed by atoms with E-state index < -0.39 is 0 Å². The maximum Gasteiger partial charge on any atom is 0.0935 e. The predicted molar refractivity (Wildman–Crippen MR) is 72.3 cm³/mol. The number of hydrogen-bond donors (Lipinski definition) is 1. The lowest BCUT2D eigenvalue weighted by Crippen LogP contribution is -2.25. The molecule has 17 heavy (non-hydrogen) atoms. The third kappa shape index (κ3) is 3.95. The number of nitrogens with two attached hydrogens (primary N) is 1. The third-order valence-corrected chi connectivity index (χ3v) is 3.71. The zero-order chi connectivity index (χ0) is 12.1. The van der Waals surface area contributed by atoms with Crippen molar-refractivity contribution < 1.29 is 4.42 Å². The summed E-state index contributed by atoms with van der Waals surface area (Å²) < 4.78 is 5.03. The molecule has 2 N–H and O–H groups in total. The van der Waals surface area contributed by atoms with Crippen molar-refractivity contribution >= 4 is 11.8 Å². The standard InChI is InChI=1S/C14H17NOS/c1-11-3-2-4-14(7-11)17-10-13(15)8-12-5-6-16-9-12/h2-7,9,13H,8,10,15H2,1H3. The molecule has 1 heterocycles. The van der Waals surface area contributed by atoms with Gasteiger partial charge in [0.05, 0.1) is 12.5 Å². The highest BCUT2D eigenvalue weighted by molar-refractivity contribution is 7.99. The summed E-state index contributed by atoms with van der Waals surface area (Å²) in [5, 5.41) is 0. The summed E-state index contributed by atoms with van der Waals surface area (Å²) in [6, 6.07) is 10.6. The first kappa shape index (κ1) is 12.3. The fourth-order valence-corrected chi connectivity index (χ4v) is 2.65. The Labute approximate surface area is 106 Å². The minimum absolute atomic E-state index is 0.165. The largest absolute Gasteiger partial charge is 0.472 e. The van der Waals surface area contributed by atoms with Crippen molar-refractivity contribution in [1.29, 1.82) is 0 Å². The fourth-order valence-electron chi connectivity index (χ4n) is 1.68. The van der Waals surface area contributed by atoms with Gasteiger partial charge in [-0.2, -0.15) is 0 Å². The predicted octanol–water partition coefficient (Wildman–Crippen LogP) is 3.25. The Morgan fingerprint density at radius 2 is 2.24 bits per heavy atom. The van der Waals surface area contributed by atoms with E-state index in [4.69, 9.17) is 10.2 Å². The van der Waals surface area contributed by atoms with E-state index in [1.54, 1.807) is 12.5 Å². The van der Waals surface area contributed by atoms with E-state index in [2.05, 4.69) is 31.2 Å². The highest BCUT2D eigenvalue weighted by Crippen LogP contribution is 2.20. The first-order valence-electron chi connectivity index (χ1n) is 5.70. The molecule has 1 atom stereocenters. The molecule has 3 heteroatoms. The first-order valence-corrected chi connectivity index (χ1v) is 6.69. The highest BCUT2D eigenvalue weighted by atomic mass is 32.2. The van der Waals surface area contributed by atoms with Crippen LogP contribution in [0.25, 0.3) is 0 Å². The smallest absolute Gasteiger partial charge is 0.0935 e. The molecule has 2 nitrogen and oxygen atoms in total. The van der Waals surface area contributed by atoms with Gasteiger partial charge in [-0.15, -0.1) is 11.8 Å². The van der Waals surface area contributed by atoms with Gasteiger partial charge in [-0.05, 0) is 37.1 Å². The molecule has 0 amide bonds. The molecule has 0 spiro atoms. The number of furan rings is 1. The summed E-state index contributed by atoms with van der Waals surface area (Å²) in [4.78, 5) is 1.28. The summed E-state index contributed by atoms with van der Waals surface area (Å²) in [6.45, 7) is 2.11. The van der Waals surface area contributed by atoms with Crippen LogP contribution in [0.2, 0.25) is 0 Å². The van der Waals surface area contributed by atoms with Crippen molar-refractivity contribution in [2.75, 3.05) is 5.75 Å². The fraction of sp³-hybridized carbons (Fsp3) is 0.286. The second kappa shape index (κ2) is 5.94. The summed E-state index contributed by atoms with van der Waals surface area (Å²) in [6.07, 6.45) is 4.32. The van der Waals surface area contributed by atoms with E-state index in [1.165, 1.54) is 16.0 Å². The lowest BCUT2D eigenvalue weighted by molar-refractivity contribution is 0.562. The molecular weight excluding hydrogens is 230 g/mol. The van der Waals surface area contributed by atoms with Crippen molar-refractivity contribution in [3.05, 3.63) is 54.0 Å². The van der Waals surface area contributed by atoms with Crippen LogP contribution in [0.5, 0.6) is 0 Å². The number of thioether (sulfide) groups is 1. The maximum absolute atomic E-state index is 6.09. The molecule has 2 aromatic rings. The molecule has 0 bridgehead atoms. The second-order valence-electron chi connectivity index (χ2n) is 4.22. The Kier molecular flexibility index (Phi) is 4.29. The van der Waals surface area contributed by atoms with Crippen LogP contribution in [0.3, 0.4) is 0 Å². The highest BCUT2D eigenvalue weighted by Gasteiger charge is 2.06. The second-order valence-corrected chi connectivity index (χ2v) is 5.32. The SMILES string of the molecule is Cc1cccc(SCC(N)Cc2ccoc2)c1. The molecule has 0 fully saturated rings. The molecule has 0 aliphatic carbocycles. The quantitative estimate of drug-likeness (QED) is 0.824. The zero-order valence-electron chi connectivity index (χ0n) is 9.93. The van der Waals surface area contributed by atoms with Gasteiger partial charge < -0.3 is 10.2 Å². The summed E-state index contributed by atoms with van der Waals surface area (Å²) >= 11 is 1.81. The minimum atomic E-state index is 0.165. The van der Waals surface area contributed by atoms with Crippen LogP contribution in [0, 0.1) is 6.92 Å². The van der Waals surface area contributed by atoms with E-state index in [1.807, 2.05) is 17.8 Å². The number of rotatable bonds is 5. The van der Waals surface area contributed by atoms with Crippen molar-refractivity contribution in [2.45, 2.75) is 24.3 Å². The maximum atomic E-state index is 6.09. The average Bonchev–Trinajstić information content (AvgIpc) is 2.79. The molecular formula is C14H17NOS. The van der Waals surface area contributed by atoms with Gasteiger partial charge in [0, 0.05) is 16.7 Å². The van der Waals surface area contributed by atoms with E-state index in [0.717, 1.165) is 12.2 Å². The number of hydrogen-bond acceptors (Lipinski definition) is 3. The summed E-state index contributed by atoms with van der Waals surface area (Å²) in [5.41, 5.74) is 8.55. The van der Waals surface area contributed by atoms with Gasteiger partial charge >= 0.3 is 0 Å². The molecule has 0 aliphatic rings. The topological polar surface area (TPSA) is 39.2 Å². The van der Waals surface area contributed by atoms with Crippen molar-refractivity contribution in [1.82, 2.24) is 0 Å². The number of benzene rings is 1. The Morgan fingerprint density at radius 3 is 2.94 bits per heavy atom. The molecule has 1 unspecified atom stereocenters. The van der Waals surface area contributed by atoms with Gasteiger partial charge in [0.2, 0.25) is 0 Å². The Morgan fingerprint density at radius 1 is 1.35 bits per heavy atom.